The Morgan fingerprint density at radius 3 is 2.71 bits per heavy atom. The molecule has 0 radical (unpaired) electrons. The minimum absolute atomic E-state index is 0.500. The van der Waals surface area contributed by atoms with Crippen LogP contribution in [0.4, 0.5) is 5.69 Å². The molecule has 1 heterocycles. The monoisotopic (exact) mass is 286 g/mol. The smallest absolute Gasteiger partial charge is 0.194 e. The highest BCUT2D eigenvalue weighted by molar-refractivity contribution is 5.56. The average Bonchev–Trinajstić information content (AvgIpc) is 2.46. The molecule has 0 fully saturated rings. The van der Waals surface area contributed by atoms with Crippen LogP contribution in [-0.2, 0) is 6.42 Å². The minimum atomic E-state index is -0.500. The van der Waals surface area contributed by atoms with Gasteiger partial charge < -0.3 is 4.90 Å². The van der Waals surface area contributed by atoms with E-state index in [1.54, 1.807) is 0 Å². The number of aryl methyl sites for hydroxylation is 1. The van der Waals surface area contributed by atoms with Gasteiger partial charge in [-0.3, -0.25) is 10.1 Å². The molecule has 0 amide bonds. The highest BCUT2D eigenvalue weighted by Crippen LogP contribution is 2.27. The van der Waals surface area contributed by atoms with Gasteiger partial charge in [0, 0.05) is 23.7 Å². The summed E-state index contributed by atoms with van der Waals surface area (Å²) >= 11 is 0. The van der Waals surface area contributed by atoms with Crippen molar-refractivity contribution in [2.24, 2.45) is 0 Å². The van der Waals surface area contributed by atoms with E-state index in [0.29, 0.717) is 0 Å². The minimum Gasteiger partial charge on any atom is -0.367 e. The second kappa shape index (κ2) is 8.74. The Labute approximate surface area is 126 Å². The fourth-order valence-corrected chi connectivity index (χ4v) is 2.33. The van der Waals surface area contributed by atoms with Gasteiger partial charge in [0.2, 0.25) is 0 Å². The molecule has 0 N–H and O–H groups in total. The number of nitro groups is 1. The third-order valence-corrected chi connectivity index (χ3v) is 3.17. The molecule has 112 valence electrons. The van der Waals surface area contributed by atoms with Gasteiger partial charge in [0.1, 0.15) is 0 Å². The molecule has 1 aliphatic heterocycles. The molecule has 0 saturated carbocycles. The van der Waals surface area contributed by atoms with Crippen molar-refractivity contribution in [1.82, 2.24) is 0 Å². The molecule has 1 aromatic rings. The van der Waals surface area contributed by atoms with Gasteiger partial charge in [0.15, 0.2) is 7.05 Å². The fourth-order valence-electron chi connectivity index (χ4n) is 2.33. The Balaban J connectivity index is 0.000000491. The molecule has 21 heavy (non-hydrogen) atoms. The second-order valence-electron chi connectivity index (χ2n) is 4.77. The normalized spacial score (nSPS) is 13.6. The van der Waals surface area contributed by atoms with Crippen molar-refractivity contribution >= 4 is 5.69 Å². The van der Waals surface area contributed by atoms with Gasteiger partial charge in [-0.2, -0.15) is 0 Å². The molecule has 1 aromatic carbocycles. The molecule has 4 nitrogen and oxygen atoms in total. The Bertz CT molecular complexity index is 531. The standard InChI is InChI=1S/C16H19N.CH3NO2/c1-3-8-14(4-2)13-17-12-7-10-15-9-5-6-11-16(15)17;1-2(3)4/h3-6,8-9,11H,1-2,7,10,12-13H2;1H3/b14-8+;. The van der Waals surface area contributed by atoms with E-state index >= 15 is 0 Å². The number of rotatable bonds is 4. The Kier molecular flexibility index (Phi) is 6.95. The maximum absolute atomic E-state index is 8.81. The van der Waals surface area contributed by atoms with E-state index in [0.717, 1.165) is 20.1 Å². The molecule has 0 aromatic heterocycles. The Morgan fingerprint density at radius 2 is 2.10 bits per heavy atom. The van der Waals surface area contributed by atoms with Gasteiger partial charge in [-0.05, 0) is 30.0 Å². The highest BCUT2D eigenvalue weighted by Gasteiger charge is 2.15. The zero-order valence-electron chi connectivity index (χ0n) is 12.5. The number of allylic oxidation sites excluding steroid dienone is 2. The summed E-state index contributed by atoms with van der Waals surface area (Å²) in [6, 6.07) is 8.67. The van der Waals surface area contributed by atoms with E-state index in [2.05, 4.69) is 42.3 Å². The van der Waals surface area contributed by atoms with E-state index in [1.165, 1.54) is 29.7 Å². The lowest BCUT2D eigenvalue weighted by Gasteiger charge is -2.31. The van der Waals surface area contributed by atoms with E-state index < -0.39 is 4.92 Å². The molecule has 0 aliphatic carbocycles. The van der Waals surface area contributed by atoms with Crippen LogP contribution in [0.25, 0.3) is 0 Å². The quantitative estimate of drug-likeness (QED) is 0.482. The summed E-state index contributed by atoms with van der Waals surface area (Å²) in [7, 11) is 0.889. The molecule has 0 atom stereocenters. The van der Waals surface area contributed by atoms with Gasteiger partial charge in [-0.15, -0.1) is 0 Å². The van der Waals surface area contributed by atoms with Crippen molar-refractivity contribution in [3.8, 4) is 0 Å². The number of benzene rings is 1. The lowest BCUT2D eigenvalue weighted by molar-refractivity contribution is -0.445. The number of hydrogen-bond donors (Lipinski definition) is 0. The summed E-state index contributed by atoms with van der Waals surface area (Å²) in [5.41, 5.74) is 4.05. The van der Waals surface area contributed by atoms with Gasteiger partial charge in [-0.25, -0.2) is 0 Å². The first-order valence-corrected chi connectivity index (χ1v) is 6.93. The third kappa shape index (κ3) is 5.65. The summed E-state index contributed by atoms with van der Waals surface area (Å²) in [5, 5.41) is 8.81. The zero-order chi connectivity index (χ0) is 15.7. The molecule has 4 heteroatoms. The first kappa shape index (κ1) is 16.7. The second-order valence-corrected chi connectivity index (χ2v) is 4.77. The van der Waals surface area contributed by atoms with Crippen LogP contribution in [0.3, 0.4) is 0 Å². The Morgan fingerprint density at radius 1 is 1.43 bits per heavy atom. The predicted molar refractivity (Wildman–Crippen MR) is 88.4 cm³/mol. The summed E-state index contributed by atoms with van der Waals surface area (Å²) in [4.78, 5) is 10.7. The maximum Gasteiger partial charge on any atom is 0.194 e. The SMILES string of the molecule is C=C/C=C(\C=C)CN1CCCc2ccccc21.C[N+](=O)[O-]. The molecular weight excluding hydrogens is 264 g/mol. The molecule has 0 saturated heterocycles. The van der Waals surface area contributed by atoms with Gasteiger partial charge >= 0.3 is 0 Å². The first-order chi connectivity index (χ1) is 10.1. The first-order valence-electron chi connectivity index (χ1n) is 6.93. The summed E-state index contributed by atoms with van der Waals surface area (Å²) in [6.07, 6.45) is 8.20. The van der Waals surface area contributed by atoms with Crippen molar-refractivity contribution in [3.05, 3.63) is 76.9 Å². The summed E-state index contributed by atoms with van der Waals surface area (Å²) in [5.74, 6) is 0. The number of fused-ring (bicyclic) bond motifs is 1. The lowest BCUT2D eigenvalue weighted by atomic mass is 10.0. The molecule has 2 rings (SSSR count). The van der Waals surface area contributed by atoms with Crippen LogP contribution in [0.5, 0.6) is 0 Å². The Hall–Kier alpha value is -2.36. The lowest BCUT2D eigenvalue weighted by Crippen LogP contribution is -2.30. The van der Waals surface area contributed by atoms with E-state index in [1.807, 2.05) is 18.2 Å². The van der Waals surface area contributed by atoms with Crippen LogP contribution in [0.1, 0.15) is 12.0 Å². The van der Waals surface area contributed by atoms with Crippen LogP contribution in [0.2, 0.25) is 0 Å². The van der Waals surface area contributed by atoms with Crippen LogP contribution >= 0.6 is 0 Å². The third-order valence-electron chi connectivity index (χ3n) is 3.17. The number of nitrogens with zero attached hydrogens (tertiary/aromatic N) is 2. The highest BCUT2D eigenvalue weighted by atomic mass is 16.6. The van der Waals surface area contributed by atoms with Gasteiger partial charge in [0.05, 0.1) is 0 Å². The zero-order valence-corrected chi connectivity index (χ0v) is 12.5. The van der Waals surface area contributed by atoms with Crippen LogP contribution in [0.15, 0.2) is 61.2 Å². The summed E-state index contributed by atoms with van der Waals surface area (Å²) in [6.45, 7) is 9.65. The van der Waals surface area contributed by atoms with Crippen molar-refractivity contribution < 1.29 is 4.92 Å². The van der Waals surface area contributed by atoms with Gasteiger partial charge in [0.25, 0.3) is 0 Å². The van der Waals surface area contributed by atoms with Crippen molar-refractivity contribution in [2.75, 3.05) is 25.0 Å². The van der Waals surface area contributed by atoms with E-state index in [9.17, 15) is 0 Å². The molecule has 0 bridgehead atoms. The number of anilines is 1. The van der Waals surface area contributed by atoms with Crippen molar-refractivity contribution in [2.45, 2.75) is 12.8 Å². The molecule has 0 unspecified atom stereocenters. The predicted octanol–water partition coefficient (Wildman–Crippen LogP) is 3.63. The molecule has 0 spiro atoms. The van der Waals surface area contributed by atoms with Crippen molar-refractivity contribution in [1.29, 1.82) is 0 Å². The fraction of sp³-hybridized carbons (Fsp3) is 0.294. The molecule has 1 aliphatic rings. The van der Waals surface area contributed by atoms with Crippen molar-refractivity contribution in [3.63, 3.8) is 0 Å². The number of hydrogen-bond acceptors (Lipinski definition) is 3. The van der Waals surface area contributed by atoms with E-state index in [4.69, 9.17) is 10.1 Å². The average molecular weight is 286 g/mol. The van der Waals surface area contributed by atoms with E-state index in [-0.39, 0.29) is 0 Å². The van der Waals surface area contributed by atoms with Gasteiger partial charge in [-0.1, -0.05) is 49.6 Å². The maximum atomic E-state index is 8.81. The van der Waals surface area contributed by atoms with Crippen LogP contribution < -0.4 is 4.90 Å². The van der Waals surface area contributed by atoms with Crippen LogP contribution in [0, 0.1) is 10.1 Å². The molecular formula is C17H22N2O2. The topological polar surface area (TPSA) is 46.4 Å². The largest absolute Gasteiger partial charge is 0.367 e. The summed E-state index contributed by atoms with van der Waals surface area (Å²) < 4.78 is 0. The van der Waals surface area contributed by atoms with Crippen LogP contribution in [-0.4, -0.2) is 25.1 Å². The number of para-hydroxylation sites is 1.